The van der Waals surface area contributed by atoms with Crippen LogP contribution in [0, 0.1) is 6.92 Å². The van der Waals surface area contributed by atoms with Gasteiger partial charge in [-0.25, -0.2) is 4.79 Å². The molecule has 104 valence electrons. The Hall–Kier alpha value is -1.86. The summed E-state index contributed by atoms with van der Waals surface area (Å²) in [6, 6.07) is 5.97. The molecule has 0 saturated heterocycles. The molecule has 19 heavy (non-hydrogen) atoms. The van der Waals surface area contributed by atoms with Crippen molar-refractivity contribution in [3.05, 3.63) is 42.2 Å². The minimum atomic E-state index is -4.09. The minimum absolute atomic E-state index is 0.0706. The molecule has 0 bridgehead atoms. The fourth-order valence-electron chi connectivity index (χ4n) is 1.11. The highest BCUT2D eigenvalue weighted by Crippen LogP contribution is 2.16. The Morgan fingerprint density at radius 2 is 1.84 bits per heavy atom. The molecule has 0 unspecified atom stereocenters. The van der Waals surface area contributed by atoms with Crippen molar-refractivity contribution < 1.29 is 26.9 Å². The average molecular weight is 286 g/mol. The lowest BCUT2D eigenvalue weighted by Gasteiger charge is -2.09. The van der Waals surface area contributed by atoms with Gasteiger partial charge in [-0.3, -0.25) is 0 Å². The van der Waals surface area contributed by atoms with Gasteiger partial charge in [0.05, 0.1) is 0 Å². The molecule has 6 nitrogen and oxygen atoms in total. The lowest BCUT2D eigenvalue weighted by atomic mass is 10.2. The van der Waals surface area contributed by atoms with Crippen LogP contribution in [0.3, 0.4) is 0 Å². The molecule has 0 aromatic heterocycles. The van der Waals surface area contributed by atoms with E-state index in [1.165, 1.54) is 19.2 Å². The lowest BCUT2D eigenvalue weighted by molar-refractivity contribution is -0.151. The summed E-state index contributed by atoms with van der Waals surface area (Å²) >= 11 is 0. The topological polar surface area (TPSA) is 78.9 Å². The van der Waals surface area contributed by atoms with Crippen LogP contribution in [-0.4, -0.2) is 28.3 Å². The van der Waals surface area contributed by atoms with E-state index >= 15 is 0 Å². The molecule has 1 aromatic rings. The number of methoxy groups -OCH3 is 1. The number of aryl methyl sites for hydroxylation is 1. The highest BCUT2D eigenvalue weighted by Gasteiger charge is 2.21. The van der Waals surface area contributed by atoms with Crippen LogP contribution in [-0.2, 0) is 28.6 Å². The Morgan fingerprint density at radius 3 is 2.37 bits per heavy atom. The van der Waals surface area contributed by atoms with E-state index in [1.807, 2.05) is 6.92 Å². The lowest BCUT2D eigenvalue weighted by Crippen LogP contribution is -2.15. The quantitative estimate of drug-likeness (QED) is 0.258. The van der Waals surface area contributed by atoms with Gasteiger partial charge in [-0.15, -0.1) is 0 Å². The number of esters is 1. The van der Waals surface area contributed by atoms with E-state index in [9.17, 15) is 13.2 Å². The summed E-state index contributed by atoms with van der Waals surface area (Å²) < 4.78 is 37.2. The predicted molar refractivity (Wildman–Crippen MR) is 66.6 cm³/mol. The first kappa shape index (κ1) is 15.2. The molecule has 0 atom stereocenters. The van der Waals surface area contributed by atoms with Crippen molar-refractivity contribution in [1.82, 2.24) is 0 Å². The molecule has 0 aliphatic heterocycles. The zero-order valence-corrected chi connectivity index (χ0v) is 11.4. The molecule has 1 rings (SSSR count). The molecule has 1 aromatic carbocycles. The first-order chi connectivity index (χ1) is 8.86. The van der Waals surface area contributed by atoms with E-state index in [1.54, 1.807) is 12.1 Å². The Morgan fingerprint density at radius 1 is 1.26 bits per heavy atom. The van der Waals surface area contributed by atoms with E-state index in [2.05, 4.69) is 20.2 Å². The van der Waals surface area contributed by atoms with Crippen LogP contribution in [0.4, 0.5) is 0 Å². The van der Waals surface area contributed by atoms with Crippen molar-refractivity contribution in [2.45, 2.75) is 11.8 Å². The van der Waals surface area contributed by atoms with Crippen molar-refractivity contribution in [1.29, 1.82) is 0 Å². The molecule has 0 aliphatic carbocycles. The summed E-state index contributed by atoms with van der Waals surface area (Å²) in [6.45, 7) is 4.71. The number of hydrogen-bond acceptors (Lipinski definition) is 6. The maximum Gasteiger partial charge on any atom is 0.376 e. The van der Waals surface area contributed by atoms with E-state index in [0.717, 1.165) is 5.56 Å². The smallest absolute Gasteiger partial charge is 0.376 e. The van der Waals surface area contributed by atoms with Gasteiger partial charge in [0.25, 0.3) is 0 Å². The van der Waals surface area contributed by atoms with Gasteiger partial charge in [-0.1, -0.05) is 17.7 Å². The second kappa shape index (κ2) is 6.35. The van der Waals surface area contributed by atoms with Gasteiger partial charge >= 0.3 is 16.1 Å². The van der Waals surface area contributed by atoms with E-state index in [4.69, 9.17) is 0 Å². The van der Waals surface area contributed by atoms with Crippen LogP contribution >= 0.6 is 0 Å². The molecule has 0 saturated carbocycles. The van der Waals surface area contributed by atoms with Crippen molar-refractivity contribution in [3.63, 3.8) is 0 Å². The zero-order chi connectivity index (χ0) is 14.5. The van der Waals surface area contributed by atoms with Crippen LogP contribution < -0.4 is 0 Å². The van der Waals surface area contributed by atoms with Crippen LogP contribution in [0.1, 0.15) is 5.56 Å². The monoisotopic (exact) mass is 286 g/mol. The summed E-state index contributed by atoms with van der Waals surface area (Å²) in [6.07, 6.45) is 0. The molecule has 0 aliphatic rings. The van der Waals surface area contributed by atoms with E-state index in [0.29, 0.717) is 0 Å². The molecule has 0 N–H and O–H groups in total. The Kier molecular flexibility index (Phi) is 5.08. The van der Waals surface area contributed by atoms with Gasteiger partial charge in [-0.2, -0.15) is 8.42 Å². The molecule has 0 radical (unpaired) electrons. The minimum Gasteiger partial charge on any atom is -0.433 e. The number of rotatable bonds is 6. The zero-order valence-electron chi connectivity index (χ0n) is 10.6. The fraction of sp³-hybridized carbons (Fsp3) is 0.250. The van der Waals surface area contributed by atoms with Crippen molar-refractivity contribution in [2.75, 3.05) is 13.9 Å². The van der Waals surface area contributed by atoms with Crippen molar-refractivity contribution >= 4 is 16.1 Å². The normalized spacial score (nSPS) is 10.8. The van der Waals surface area contributed by atoms with Crippen LogP contribution in [0.5, 0.6) is 0 Å². The standard InChI is InChI=1S/C12H14O6S/c1-9-4-6-11(7-5-9)19(14,15)18-10(2)12(13)17-8-16-3/h4-7H,2,8H2,1,3H3. The van der Waals surface area contributed by atoms with Crippen molar-refractivity contribution in [3.8, 4) is 0 Å². The molecule has 0 amide bonds. The van der Waals surface area contributed by atoms with Crippen LogP contribution in [0.25, 0.3) is 0 Å². The average Bonchev–Trinajstić information content (AvgIpc) is 2.35. The number of hydrogen-bond donors (Lipinski definition) is 0. The number of carbonyl (C=O) groups is 1. The number of carbonyl (C=O) groups excluding carboxylic acids is 1. The van der Waals surface area contributed by atoms with Gasteiger partial charge in [-0.05, 0) is 25.6 Å². The Balaban J connectivity index is 2.77. The number of benzene rings is 1. The summed E-state index contributed by atoms with van der Waals surface area (Å²) in [4.78, 5) is 11.2. The summed E-state index contributed by atoms with van der Waals surface area (Å²) in [7, 11) is -2.77. The van der Waals surface area contributed by atoms with Gasteiger partial charge in [0.2, 0.25) is 5.76 Å². The summed E-state index contributed by atoms with van der Waals surface area (Å²) in [5, 5.41) is 0. The SMILES string of the molecule is C=C(OS(=O)(=O)c1ccc(C)cc1)C(=O)OCOC. The second-order valence-electron chi connectivity index (χ2n) is 3.61. The fourth-order valence-corrected chi connectivity index (χ4v) is 2.01. The summed E-state index contributed by atoms with van der Waals surface area (Å²) in [5.74, 6) is -1.63. The van der Waals surface area contributed by atoms with Gasteiger partial charge < -0.3 is 13.7 Å². The molecule has 0 fully saturated rings. The third-order valence-corrected chi connectivity index (χ3v) is 3.33. The highest BCUT2D eigenvalue weighted by atomic mass is 32.2. The van der Waals surface area contributed by atoms with Gasteiger partial charge in [0, 0.05) is 7.11 Å². The van der Waals surface area contributed by atoms with E-state index in [-0.39, 0.29) is 11.7 Å². The third-order valence-electron chi connectivity index (χ3n) is 2.06. The Labute approximate surface area is 111 Å². The number of ether oxygens (including phenoxy) is 2. The summed E-state index contributed by atoms with van der Waals surface area (Å²) in [5.41, 5.74) is 0.900. The maximum absolute atomic E-state index is 11.8. The maximum atomic E-state index is 11.8. The van der Waals surface area contributed by atoms with Crippen LogP contribution in [0.2, 0.25) is 0 Å². The molecule has 0 heterocycles. The molecular formula is C12H14O6S. The van der Waals surface area contributed by atoms with E-state index < -0.39 is 21.8 Å². The largest absolute Gasteiger partial charge is 0.433 e. The molecule has 7 heteroatoms. The molecular weight excluding hydrogens is 272 g/mol. The highest BCUT2D eigenvalue weighted by molar-refractivity contribution is 7.86. The predicted octanol–water partition coefficient (Wildman–Crippen LogP) is 1.36. The van der Waals surface area contributed by atoms with Crippen molar-refractivity contribution in [2.24, 2.45) is 0 Å². The first-order valence-electron chi connectivity index (χ1n) is 5.23. The second-order valence-corrected chi connectivity index (χ2v) is 5.16. The third kappa shape index (κ3) is 4.38. The van der Waals surface area contributed by atoms with Gasteiger partial charge in [0.15, 0.2) is 6.79 Å². The van der Waals surface area contributed by atoms with Gasteiger partial charge in [0.1, 0.15) is 4.90 Å². The van der Waals surface area contributed by atoms with Crippen LogP contribution in [0.15, 0.2) is 41.5 Å². The first-order valence-corrected chi connectivity index (χ1v) is 6.64. The molecule has 0 spiro atoms. The Bertz CT molecular complexity index is 558.